The lowest BCUT2D eigenvalue weighted by molar-refractivity contribution is 0.347. The van der Waals surface area contributed by atoms with Crippen LogP contribution in [0.15, 0.2) is 12.1 Å². The first-order chi connectivity index (χ1) is 8.78. The Balaban J connectivity index is 2.09. The largest absolute Gasteiger partial charge is 0.496 e. The highest BCUT2D eigenvalue weighted by atomic mass is 16.5. The van der Waals surface area contributed by atoms with Gasteiger partial charge >= 0.3 is 0 Å². The van der Waals surface area contributed by atoms with Crippen molar-refractivity contribution in [3.05, 3.63) is 17.7 Å². The van der Waals surface area contributed by atoms with Crippen molar-refractivity contribution in [2.24, 2.45) is 5.92 Å². The van der Waals surface area contributed by atoms with Gasteiger partial charge in [-0.1, -0.05) is 0 Å². The van der Waals surface area contributed by atoms with Crippen LogP contribution >= 0.6 is 0 Å². The van der Waals surface area contributed by atoms with E-state index in [4.69, 9.17) is 14.2 Å². The molecule has 2 rings (SSSR count). The van der Waals surface area contributed by atoms with Crippen molar-refractivity contribution in [2.75, 3.05) is 27.9 Å². The Hall–Kier alpha value is -1.42. The van der Waals surface area contributed by atoms with Gasteiger partial charge in [0.25, 0.3) is 0 Å². The number of methoxy groups -OCH3 is 3. The van der Waals surface area contributed by atoms with Crippen LogP contribution in [0, 0.1) is 5.92 Å². The van der Waals surface area contributed by atoms with Crippen LogP contribution in [-0.4, -0.2) is 27.9 Å². The molecule has 4 nitrogen and oxygen atoms in total. The fourth-order valence-corrected chi connectivity index (χ4v) is 1.96. The molecule has 1 aromatic carbocycles. The fourth-order valence-electron chi connectivity index (χ4n) is 1.96. The summed E-state index contributed by atoms with van der Waals surface area (Å²) in [4.78, 5) is 0. The maximum Gasteiger partial charge on any atom is 0.164 e. The fraction of sp³-hybridized carbons (Fsp3) is 0.571. The van der Waals surface area contributed by atoms with Gasteiger partial charge in [-0.2, -0.15) is 0 Å². The van der Waals surface area contributed by atoms with Crippen molar-refractivity contribution < 1.29 is 14.2 Å². The predicted octanol–water partition coefficient (Wildman–Crippen LogP) is 2.21. The molecule has 0 amide bonds. The summed E-state index contributed by atoms with van der Waals surface area (Å²) in [5, 5.41) is 3.45. The quantitative estimate of drug-likeness (QED) is 0.806. The van der Waals surface area contributed by atoms with Gasteiger partial charge in [0.15, 0.2) is 11.5 Å². The molecule has 0 heterocycles. The molecule has 1 N–H and O–H groups in total. The van der Waals surface area contributed by atoms with Gasteiger partial charge in [-0.3, -0.25) is 0 Å². The van der Waals surface area contributed by atoms with Crippen LogP contribution in [-0.2, 0) is 6.54 Å². The van der Waals surface area contributed by atoms with Crippen LogP contribution in [0.2, 0.25) is 0 Å². The Morgan fingerprint density at radius 2 is 1.61 bits per heavy atom. The Kier molecular flexibility index (Phi) is 4.31. The molecule has 0 spiro atoms. The third kappa shape index (κ3) is 3.07. The average Bonchev–Trinajstić information content (AvgIpc) is 3.22. The first-order valence-electron chi connectivity index (χ1n) is 6.28. The summed E-state index contributed by atoms with van der Waals surface area (Å²) in [5.41, 5.74) is 1.09. The van der Waals surface area contributed by atoms with Gasteiger partial charge in [-0.25, -0.2) is 0 Å². The molecular formula is C14H21NO3. The van der Waals surface area contributed by atoms with Crippen LogP contribution in [0.5, 0.6) is 17.2 Å². The molecule has 1 saturated carbocycles. The zero-order valence-electron chi connectivity index (χ0n) is 11.3. The highest BCUT2D eigenvalue weighted by Gasteiger charge is 2.20. The van der Waals surface area contributed by atoms with Gasteiger partial charge in [-0.05, 0) is 31.4 Å². The molecule has 18 heavy (non-hydrogen) atoms. The van der Waals surface area contributed by atoms with E-state index in [1.165, 1.54) is 12.8 Å². The summed E-state index contributed by atoms with van der Waals surface area (Å²) in [6.07, 6.45) is 2.71. The lowest BCUT2D eigenvalue weighted by Crippen LogP contribution is -2.16. The Labute approximate surface area is 108 Å². The Morgan fingerprint density at radius 1 is 1.00 bits per heavy atom. The van der Waals surface area contributed by atoms with E-state index in [1.807, 2.05) is 12.1 Å². The van der Waals surface area contributed by atoms with Crippen molar-refractivity contribution in [3.8, 4) is 17.2 Å². The normalized spacial score (nSPS) is 14.4. The molecule has 4 heteroatoms. The highest BCUT2D eigenvalue weighted by molar-refractivity contribution is 5.50. The van der Waals surface area contributed by atoms with Crippen molar-refractivity contribution >= 4 is 0 Å². The predicted molar refractivity (Wildman–Crippen MR) is 70.5 cm³/mol. The SMILES string of the molecule is COc1cc(OC)c(OC)cc1CNCC1CC1. The molecular weight excluding hydrogens is 230 g/mol. The molecule has 0 bridgehead atoms. The molecule has 0 aliphatic heterocycles. The van der Waals surface area contributed by atoms with E-state index in [-0.39, 0.29) is 0 Å². The molecule has 0 aromatic heterocycles. The topological polar surface area (TPSA) is 39.7 Å². The van der Waals surface area contributed by atoms with Crippen molar-refractivity contribution in [2.45, 2.75) is 19.4 Å². The van der Waals surface area contributed by atoms with E-state index in [1.54, 1.807) is 21.3 Å². The zero-order chi connectivity index (χ0) is 13.0. The third-order valence-electron chi connectivity index (χ3n) is 3.23. The van der Waals surface area contributed by atoms with Crippen LogP contribution < -0.4 is 19.5 Å². The van der Waals surface area contributed by atoms with Crippen molar-refractivity contribution in [1.82, 2.24) is 5.32 Å². The number of nitrogens with one attached hydrogen (secondary N) is 1. The number of hydrogen-bond donors (Lipinski definition) is 1. The number of ether oxygens (including phenoxy) is 3. The van der Waals surface area contributed by atoms with Gasteiger partial charge in [-0.15, -0.1) is 0 Å². The number of benzene rings is 1. The maximum atomic E-state index is 5.38. The van der Waals surface area contributed by atoms with Gasteiger partial charge in [0.05, 0.1) is 21.3 Å². The molecule has 100 valence electrons. The standard InChI is InChI=1S/C14H21NO3/c1-16-12-7-14(18-3)13(17-2)6-11(12)9-15-8-10-4-5-10/h6-7,10,15H,4-5,8-9H2,1-3H3. The lowest BCUT2D eigenvalue weighted by Gasteiger charge is -2.14. The second-order valence-electron chi connectivity index (χ2n) is 4.59. The molecule has 0 atom stereocenters. The summed E-state index contributed by atoms with van der Waals surface area (Å²) in [7, 11) is 4.94. The molecule has 1 fully saturated rings. The minimum absolute atomic E-state index is 0.695. The second-order valence-corrected chi connectivity index (χ2v) is 4.59. The van der Waals surface area contributed by atoms with Crippen LogP contribution in [0.3, 0.4) is 0 Å². The Morgan fingerprint density at radius 3 is 2.17 bits per heavy atom. The molecule has 0 radical (unpaired) electrons. The second kappa shape index (κ2) is 5.96. The van der Waals surface area contributed by atoms with Crippen LogP contribution in [0.1, 0.15) is 18.4 Å². The summed E-state index contributed by atoms with van der Waals surface area (Å²) in [6.45, 7) is 1.87. The molecule has 0 unspecified atom stereocenters. The number of rotatable bonds is 7. The minimum atomic E-state index is 0.695. The first kappa shape index (κ1) is 13.0. The van der Waals surface area contributed by atoms with Gasteiger partial charge < -0.3 is 19.5 Å². The third-order valence-corrected chi connectivity index (χ3v) is 3.23. The van der Waals surface area contributed by atoms with Crippen molar-refractivity contribution in [3.63, 3.8) is 0 Å². The Bertz CT molecular complexity index is 402. The molecule has 1 aromatic rings. The summed E-state index contributed by atoms with van der Waals surface area (Å²) in [6, 6.07) is 3.84. The summed E-state index contributed by atoms with van der Waals surface area (Å²) >= 11 is 0. The van der Waals surface area contributed by atoms with Gasteiger partial charge in [0.2, 0.25) is 0 Å². The van der Waals surface area contributed by atoms with Gasteiger partial charge in [0.1, 0.15) is 5.75 Å². The van der Waals surface area contributed by atoms with Crippen LogP contribution in [0.4, 0.5) is 0 Å². The highest BCUT2D eigenvalue weighted by Crippen LogP contribution is 2.34. The molecule has 0 saturated heterocycles. The zero-order valence-corrected chi connectivity index (χ0v) is 11.3. The number of hydrogen-bond acceptors (Lipinski definition) is 4. The van der Waals surface area contributed by atoms with E-state index in [9.17, 15) is 0 Å². The lowest BCUT2D eigenvalue weighted by atomic mass is 10.1. The summed E-state index contributed by atoms with van der Waals surface area (Å²) < 4.78 is 16.0. The molecule has 1 aliphatic rings. The summed E-state index contributed by atoms with van der Waals surface area (Å²) in [5.74, 6) is 3.13. The van der Waals surface area contributed by atoms with E-state index in [2.05, 4.69) is 5.32 Å². The first-order valence-corrected chi connectivity index (χ1v) is 6.28. The van der Waals surface area contributed by atoms with Gasteiger partial charge in [0, 0.05) is 18.2 Å². The van der Waals surface area contributed by atoms with Crippen molar-refractivity contribution in [1.29, 1.82) is 0 Å². The van der Waals surface area contributed by atoms with E-state index >= 15 is 0 Å². The maximum absolute atomic E-state index is 5.38. The molecule has 1 aliphatic carbocycles. The van der Waals surface area contributed by atoms with E-state index in [0.29, 0.717) is 5.75 Å². The smallest absolute Gasteiger partial charge is 0.164 e. The monoisotopic (exact) mass is 251 g/mol. The average molecular weight is 251 g/mol. The van der Waals surface area contributed by atoms with Crippen LogP contribution in [0.25, 0.3) is 0 Å². The minimum Gasteiger partial charge on any atom is -0.496 e. The van der Waals surface area contributed by atoms with E-state index < -0.39 is 0 Å². The van der Waals surface area contributed by atoms with E-state index in [0.717, 1.165) is 36.1 Å².